The maximum Gasteiger partial charge on any atom is 0.150 e. The highest BCUT2D eigenvalue weighted by atomic mass is 32.2. The molecule has 2 rings (SSSR count). The lowest BCUT2D eigenvalue weighted by Gasteiger charge is -2.17. The SMILES string of the molecule is O=S1(=O)C[C@H]2CC=CC[C@H]2C1. The summed E-state index contributed by atoms with van der Waals surface area (Å²) in [6.45, 7) is 0. The molecule has 0 radical (unpaired) electrons. The second-order valence-electron chi connectivity index (χ2n) is 3.54. The second-order valence-corrected chi connectivity index (χ2v) is 5.69. The maximum absolute atomic E-state index is 11.2. The summed E-state index contributed by atoms with van der Waals surface area (Å²) >= 11 is 0. The van der Waals surface area contributed by atoms with Gasteiger partial charge in [0.05, 0.1) is 11.5 Å². The minimum atomic E-state index is -2.67. The van der Waals surface area contributed by atoms with Crippen molar-refractivity contribution in [2.45, 2.75) is 12.8 Å². The molecule has 0 saturated carbocycles. The van der Waals surface area contributed by atoms with Crippen LogP contribution in [0.1, 0.15) is 12.8 Å². The Kier molecular flexibility index (Phi) is 1.56. The number of fused-ring (bicyclic) bond motifs is 1. The molecule has 62 valence electrons. The van der Waals surface area contributed by atoms with Gasteiger partial charge < -0.3 is 0 Å². The number of hydrogen-bond donors (Lipinski definition) is 0. The van der Waals surface area contributed by atoms with Gasteiger partial charge in [0.1, 0.15) is 0 Å². The van der Waals surface area contributed by atoms with Crippen LogP contribution in [-0.2, 0) is 9.84 Å². The van der Waals surface area contributed by atoms with Crippen LogP contribution in [0.2, 0.25) is 0 Å². The summed E-state index contributed by atoms with van der Waals surface area (Å²) in [6, 6.07) is 0. The van der Waals surface area contributed by atoms with E-state index in [0.717, 1.165) is 12.8 Å². The number of rotatable bonds is 0. The predicted molar refractivity (Wildman–Crippen MR) is 44.0 cm³/mol. The summed E-state index contributed by atoms with van der Waals surface area (Å²) in [5.74, 6) is 1.74. The normalized spacial score (nSPS) is 40.4. The monoisotopic (exact) mass is 172 g/mol. The van der Waals surface area contributed by atoms with Crippen molar-refractivity contribution < 1.29 is 8.42 Å². The van der Waals surface area contributed by atoms with Crippen LogP contribution in [0, 0.1) is 11.8 Å². The summed E-state index contributed by atoms with van der Waals surface area (Å²) in [6.07, 6.45) is 6.18. The van der Waals surface area contributed by atoms with Crippen molar-refractivity contribution in [2.24, 2.45) is 11.8 Å². The molecule has 2 nitrogen and oxygen atoms in total. The molecule has 2 aliphatic rings. The van der Waals surface area contributed by atoms with E-state index < -0.39 is 9.84 Å². The van der Waals surface area contributed by atoms with Gasteiger partial charge in [-0.3, -0.25) is 0 Å². The molecule has 1 fully saturated rings. The number of hydrogen-bond acceptors (Lipinski definition) is 2. The van der Waals surface area contributed by atoms with Crippen LogP contribution in [0.25, 0.3) is 0 Å². The Morgan fingerprint density at radius 3 is 1.91 bits per heavy atom. The van der Waals surface area contributed by atoms with Crippen LogP contribution >= 0.6 is 0 Å². The molecule has 0 bridgehead atoms. The van der Waals surface area contributed by atoms with Crippen molar-refractivity contribution in [1.29, 1.82) is 0 Å². The van der Waals surface area contributed by atoms with Crippen molar-refractivity contribution >= 4 is 9.84 Å². The lowest BCUT2D eigenvalue weighted by molar-refractivity contribution is 0.411. The average molecular weight is 172 g/mol. The van der Waals surface area contributed by atoms with E-state index >= 15 is 0 Å². The van der Waals surface area contributed by atoms with Gasteiger partial charge in [-0.1, -0.05) is 12.2 Å². The van der Waals surface area contributed by atoms with E-state index in [2.05, 4.69) is 12.2 Å². The first-order valence-electron chi connectivity index (χ1n) is 4.03. The highest BCUT2D eigenvalue weighted by Gasteiger charge is 2.36. The maximum atomic E-state index is 11.2. The minimum Gasteiger partial charge on any atom is -0.229 e. The van der Waals surface area contributed by atoms with Gasteiger partial charge in [0.2, 0.25) is 0 Å². The summed E-state index contributed by atoms with van der Waals surface area (Å²) in [4.78, 5) is 0. The van der Waals surface area contributed by atoms with Gasteiger partial charge in [0, 0.05) is 0 Å². The standard InChI is InChI=1S/C8H12O2S/c9-11(10)5-7-3-1-2-4-8(7)6-11/h1-2,7-8H,3-6H2/t7-,8+. The van der Waals surface area contributed by atoms with E-state index in [0.29, 0.717) is 23.3 Å². The smallest absolute Gasteiger partial charge is 0.150 e. The van der Waals surface area contributed by atoms with Crippen LogP contribution in [0.3, 0.4) is 0 Å². The third-order valence-electron chi connectivity index (χ3n) is 2.65. The molecule has 0 aromatic heterocycles. The fourth-order valence-electron chi connectivity index (χ4n) is 2.06. The van der Waals surface area contributed by atoms with Gasteiger partial charge in [0.15, 0.2) is 9.84 Å². The Hall–Kier alpha value is -0.310. The summed E-state index contributed by atoms with van der Waals surface area (Å²) in [5, 5.41) is 0. The summed E-state index contributed by atoms with van der Waals surface area (Å²) < 4.78 is 22.3. The van der Waals surface area contributed by atoms with Crippen molar-refractivity contribution in [3.05, 3.63) is 12.2 Å². The quantitative estimate of drug-likeness (QED) is 0.511. The molecular formula is C8H12O2S. The Morgan fingerprint density at radius 2 is 1.45 bits per heavy atom. The molecule has 0 unspecified atom stereocenters. The van der Waals surface area contributed by atoms with E-state index in [4.69, 9.17) is 0 Å². The van der Waals surface area contributed by atoms with Crippen LogP contribution in [0.5, 0.6) is 0 Å². The molecule has 2 atom stereocenters. The van der Waals surface area contributed by atoms with Crippen LogP contribution < -0.4 is 0 Å². The van der Waals surface area contributed by atoms with E-state index in [-0.39, 0.29) is 0 Å². The number of allylic oxidation sites excluding steroid dienone is 2. The van der Waals surface area contributed by atoms with E-state index in [1.54, 1.807) is 0 Å². The molecule has 11 heavy (non-hydrogen) atoms. The van der Waals surface area contributed by atoms with Crippen LogP contribution in [0.4, 0.5) is 0 Å². The highest BCUT2D eigenvalue weighted by Crippen LogP contribution is 2.33. The zero-order valence-electron chi connectivity index (χ0n) is 6.36. The number of sulfone groups is 1. The Morgan fingerprint density at radius 1 is 1.00 bits per heavy atom. The minimum absolute atomic E-state index is 0.433. The lowest BCUT2D eigenvalue weighted by Crippen LogP contribution is -2.13. The average Bonchev–Trinajstić information content (AvgIpc) is 2.21. The zero-order chi connectivity index (χ0) is 7.90. The van der Waals surface area contributed by atoms with Crippen molar-refractivity contribution in [3.63, 3.8) is 0 Å². The molecule has 1 aliphatic carbocycles. The van der Waals surface area contributed by atoms with Crippen molar-refractivity contribution in [3.8, 4) is 0 Å². The van der Waals surface area contributed by atoms with E-state index in [1.807, 2.05) is 0 Å². The van der Waals surface area contributed by atoms with Gasteiger partial charge in [-0.15, -0.1) is 0 Å². The molecule has 0 aromatic rings. The molecule has 0 spiro atoms. The lowest BCUT2D eigenvalue weighted by atomic mass is 9.86. The molecule has 0 aromatic carbocycles. The third-order valence-corrected chi connectivity index (χ3v) is 4.52. The Balaban J connectivity index is 2.22. The Bertz CT molecular complexity index is 254. The zero-order valence-corrected chi connectivity index (χ0v) is 7.18. The first kappa shape index (κ1) is 7.35. The molecular weight excluding hydrogens is 160 g/mol. The van der Waals surface area contributed by atoms with Crippen LogP contribution in [-0.4, -0.2) is 19.9 Å². The van der Waals surface area contributed by atoms with Gasteiger partial charge in [-0.2, -0.15) is 0 Å². The first-order chi connectivity index (χ1) is 5.17. The fourth-order valence-corrected chi connectivity index (χ4v) is 4.31. The molecule has 1 saturated heterocycles. The van der Waals surface area contributed by atoms with Gasteiger partial charge in [0.25, 0.3) is 0 Å². The predicted octanol–water partition coefficient (Wildman–Crippen LogP) is 0.997. The molecule has 1 heterocycles. The molecule has 0 N–H and O–H groups in total. The Labute approximate surface area is 67.2 Å². The first-order valence-corrected chi connectivity index (χ1v) is 5.85. The van der Waals surface area contributed by atoms with Gasteiger partial charge in [-0.25, -0.2) is 8.42 Å². The highest BCUT2D eigenvalue weighted by molar-refractivity contribution is 7.91. The van der Waals surface area contributed by atoms with E-state index in [1.165, 1.54) is 0 Å². The summed E-state index contributed by atoms with van der Waals surface area (Å²) in [7, 11) is -2.67. The largest absolute Gasteiger partial charge is 0.229 e. The van der Waals surface area contributed by atoms with Gasteiger partial charge >= 0.3 is 0 Å². The second kappa shape index (κ2) is 2.34. The molecule has 1 aliphatic heterocycles. The fraction of sp³-hybridized carbons (Fsp3) is 0.750. The third kappa shape index (κ3) is 1.34. The van der Waals surface area contributed by atoms with Crippen molar-refractivity contribution in [2.75, 3.05) is 11.5 Å². The molecule has 3 heteroatoms. The van der Waals surface area contributed by atoms with Crippen LogP contribution in [0.15, 0.2) is 12.2 Å². The summed E-state index contributed by atoms with van der Waals surface area (Å²) in [5.41, 5.74) is 0. The topological polar surface area (TPSA) is 34.1 Å². The van der Waals surface area contributed by atoms with Crippen molar-refractivity contribution in [1.82, 2.24) is 0 Å². The molecule has 0 amide bonds. The van der Waals surface area contributed by atoms with Gasteiger partial charge in [-0.05, 0) is 24.7 Å². The van der Waals surface area contributed by atoms with E-state index in [9.17, 15) is 8.42 Å².